The summed E-state index contributed by atoms with van der Waals surface area (Å²) in [5.74, 6) is -2.74. The number of aromatic nitrogens is 5. The number of hydrogen-bond donors (Lipinski definition) is 0. The predicted molar refractivity (Wildman–Crippen MR) is 103 cm³/mol. The van der Waals surface area contributed by atoms with E-state index in [2.05, 4.69) is 36.9 Å². The van der Waals surface area contributed by atoms with Crippen molar-refractivity contribution in [3.8, 4) is 5.82 Å². The minimum atomic E-state index is -3.15. The summed E-state index contributed by atoms with van der Waals surface area (Å²) in [7, 11) is 4.06. The van der Waals surface area contributed by atoms with E-state index in [1.807, 2.05) is 7.05 Å². The van der Waals surface area contributed by atoms with Crippen LogP contribution in [0.15, 0.2) is 24.5 Å². The van der Waals surface area contributed by atoms with Gasteiger partial charge in [-0.05, 0) is 20.0 Å². The summed E-state index contributed by atoms with van der Waals surface area (Å²) in [6, 6.07) is 3.50. The number of hydrogen-bond acceptors (Lipinski definition) is 6. The quantitative estimate of drug-likeness (QED) is 0.619. The minimum absolute atomic E-state index is 0.252. The van der Waals surface area contributed by atoms with Gasteiger partial charge in [0.1, 0.15) is 5.15 Å². The second kappa shape index (κ2) is 6.89. The fourth-order valence-corrected chi connectivity index (χ4v) is 3.64. The Balaban J connectivity index is 1.85. The molecule has 0 radical (unpaired) electrons. The predicted octanol–water partition coefficient (Wildman–Crippen LogP) is 3.12. The molecule has 10 heteroatoms. The van der Waals surface area contributed by atoms with E-state index in [0.29, 0.717) is 22.5 Å². The Morgan fingerprint density at radius 2 is 2.11 bits per heavy atom. The summed E-state index contributed by atoms with van der Waals surface area (Å²) in [6.45, 7) is 2.70. The van der Waals surface area contributed by atoms with E-state index in [0.717, 1.165) is 31.8 Å². The van der Waals surface area contributed by atoms with Gasteiger partial charge in [0.25, 0.3) is 0 Å². The van der Waals surface area contributed by atoms with Crippen LogP contribution in [0.3, 0.4) is 0 Å². The monoisotopic (exact) mass is 407 g/mol. The lowest BCUT2D eigenvalue weighted by molar-refractivity contribution is 0.00764. The maximum atomic E-state index is 13.7. The second-order valence-electron chi connectivity index (χ2n) is 7.20. The van der Waals surface area contributed by atoms with Crippen molar-refractivity contribution in [2.24, 2.45) is 0 Å². The van der Waals surface area contributed by atoms with Gasteiger partial charge >= 0.3 is 5.92 Å². The summed E-state index contributed by atoms with van der Waals surface area (Å²) in [5, 5.41) is 5.76. The van der Waals surface area contributed by atoms with Crippen LogP contribution in [0.5, 0.6) is 0 Å². The van der Waals surface area contributed by atoms with E-state index in [1.165, 1.54) is 10.9 Å². The van der Waals surface area contributed by atoms with Crippen LogP contribution in [0.25, 0.3) is 16.7 Å². The van der Waals surface area contributed by atoms with Gasteiger partial charge in [-0.1, -0.05) is 11.6 Å². The first-order valence-electron chi connectivity index (χ1n) is 8.91. The van der Waals surface area contributed by atoms with Gasteiger partial charge in [0.05, 0.1) is 10.9 Å². The van der Waals surface area contributed by atoms with Crippen LogP contribution in [0.1, 0.15) is 19.2 Å². The number of pyridine rings is 1. The molecule has 3 aromatic rings. The molecule has 4 heterocycles. The summed E-state index contributed by atoms with van der Waals surface area (Å²) in [4.78, 5) is 16.3. The van der Waals surface area contributed by atoms with Crippen molar-refractivity contribution in [1.82, 2.24) is 29.6 Å². The smallest absolute Gasteiger partial charge is 0.303 e. The Morgan fingerprint density at radius 3 is 2.79 bits per heavy atom. The Kier molecular flexibility index (Phi) is 4.67. The van der Waals surface area contributed by atoms with Crippen LogP contribution in [-0.4, -0.2) is 62.9 Å². The van der Waals surface area contributed by atoms with Crippen molar-refractivity contribution in [2.45, 2.75) is 25.3 Å². The van der Waals surface area contributed by atoms with E-state index >= 15 is 0 Å². The molecule has 0 spiro atoms. The summed E-state index contributed by atoms with van der Waals surface area (Å²) < 4.78 is 28.9. The average molecular weight is 408 g/mol. The largest absolute Gasteiger partial charge is 0.353 e. The highest BCUT2D eigenvalue weighted by atomic mass is 35.5. The van der Waals surface area contributed by atoms with E-state index in [4.69, 9.17) is 11.6 Å². The molecule has 28 heavy (non-hydrogen) atoms. The molecule has 3 aromatic heterocycles. The third-order valence-corrected chi connectivity index (χ3v) is 5.22. The highest BCUT2D eigenvalue weighted by molar-refractivity contribution is 6.30. The van der Waals surface area contributed by atoms with Gasteiger partial charge in [-0.15, -0.1) is 5.10 Å². The van der Waals surface area contributed by atoms with Crippen LogP contribution < -0.4 is 4.90 Å². The van der Waals surface area contributed by atoms with Crippen molar-refractivity contribution in [2.75, 3.05) is 32.1 Å². The normalized spacial score (nSPS) is 18.1. The number of fused-ring (bicyclic) bond motifs is 1. The molecule has 0 aliphatic carbocycles. The van der Waals surface area contributed by atoms with Gasteiger partial charge in [0, 0.05) is 51.1 Å². The Bertz CT molecular complexity index is 1020. The third-order valence-electron chi connectivity index (χ3n) is 5.01. The Labute approximate surface area is 166 Å². The average Bonchev–Trinajstić information content (AvgIpc) is 3.24. The highest BCUT2D eigenvalue weighted by Crippen LogP contribution is 2.31. The van der Waals surface area contributed by atoms with Gasteiger partial charge in [-0.2, -0.15) is 8.78 Å². The van der Waals surface area contributed by atoms with E-state index in [-0.39, 0.29) is 5.82 Å². The van der Waals surface area contributed by atoms with Crippen molar-refractivity contribution >= 4 is 28.3 Å². The van der Waals surface area contributed by atoms with Gasteiger partial charge in [0.2, 0.25) is 5.82 Å². The molecule has 0 N–H and O–H groups in total. The molecule has 0 aromatic carbocycles. The molecule has 1 aliphatic rings. The lowest BCUT2D eigenvalue weighted by Gasteiger charge is -2.24. The minimum Gasteiger partial charge on any atom is -0.353 e. The maximum absolute atomic E-state index is 13.7. The first-order chi connectivity index (χ1) is 13.2. The van der Waals surface area contributed by atoms with E-state index < -0.39 is 11.7 Å². The second-order valence-corrected chi connectivity index (χ2v) is 7.59. The van der Waals surface area contributed by atoms with Crippen LogP contribution in [0, 0.1) is 0 Å². The molecular formula is C18H20ClF2N7. The van der Waals surface area contributed by atoms with Crippen LogP contribution in [0.2, 0.25) is 5.15 Å². The van der Waals surface area contributed by atoms with Crippen molar-refractivity contribution < 1.29 is 8.78 Å². The van der Waals surface area contributed by atoms with Crippen LogP contribution in [-0.2, 0) is 5.92 Å². The lowest BCUT2D eigenvalue weighted by atomic mass is 10.2. The van der Waals surface area contributed by atoms with Crippen molar-refractivity contribution in [1.29, 1.82) is 0 Å². The van der Waals surface area contributed by atoms with E-state index in [1.54, 1.807) is 18.3 Å². The molecule has 1 saturated heterocycles. The standard InChI is InChI=1S/C18H20ClF2N7/c1-18(20,21)17-22-6-4-15(24-17)28-13-8-14(19)23-9-12(13)16(25-28)27(3)11-5-7-26(2)10-11/h4,6,8-9,11H,5,7,10H2,1-3H3. The van der Waals surface area contributed by atoms with Crippen LogP contribution >= 0.6 is 11.6 Å². The lowest BCUT2D eigenvalue weighted by Crippen LogP contribution is -2.34. The zero-order valence-electron chi connectivity index (χ0n) is 15.8. The number of rotatable bonds is 4. The molecule has 148 valence electrons. The molecule has 1 unspecified atom stereocenters. The van der Waals surface area contributed by atoms with Gasteiger partial charge < -0.3 is 9.80 Å². The number of likely N-dealkylation sites (N-methyl/N-ethyl adjacent to an activating group) is 2. The van der Waals surface area contributed by atoms with Gasteiger partial charge in [-0.25, -0.2) is 19.6 Å². The summed E-state index contributed by atoms with van der Waals surface area (Å²) in [6.07, 6.45) is 3.98. The molecular weight excluding hydrogens is 388 g/mol. The SMILES string of the molecule is CN1CCC(N(C)c2nn(-c3ccnc(C(C)(F)F)n3)c3cc(Cl)ncc23)C1. The van der Waals surface area contributed by atoms with Gasteiger partial charge in [0.15, 0.2) is 11.6 Å². The third kappa shape index (κ3) is 3.40. The summed E-state index contributed by atoms with van der Waals surface area (Å²) >= 11 is 6.09. The molecule has 0 saturated carbocycles. The number of halogens is 3. The summed E-state index contributed by atoms with van der Waals surface area (Å²) in [5.41, 5.74) is 0.650. The number of alkyl halides is 2. The maximum Gasteiger partial charge on any atom is 0.303 e. The van der Waals surface area contributed by atoms with Crippen molar-refractivity contribution in [3.63, 3.8) is 0 Å². The van der Waals surface area contributed by atoms with Crippen LogP contribution in [0.4, 0.5) is 14.6 Å². The fraction of sp³-hybridized carbons (Fsp3) is 0.444. The molecule has 7 nitrogen and oxygen atoms in total. The molecule has 1 aliphatic heterocycles. The molecule has 1 atom stereocenters. The zero-order valence-corrected chi connectivity index (χ0v) is 16.5. The van der Waals surface area contributed by atoms with Crippen molar-refractivity contribution in [3.05, 3.63) is 35.5 Å². The fourth-order valence-electron chi connectivity index (χ4n) is 3.48. The van der Waals surface area contributed by atoms with Gasteiger partial charge in [-0.3, -0.25) is 0 Å². The zero-order chi connectivity index (χ0) is 20.1. The Morgan fingerprint density at radius 1 is 1.32 bits per heavy atom. The highest BCUT2D eigenvalue weighted by Gasteiger charge is 2.30. The molecule has 0 amide bonds. The number of likely N-dealkylation sites (tertiary alicyclic amines) is 1. The van der Waals surface area contributed by atoms with E-state index in [9.17, 15) is 8.78 Å². The topological polar surface area (TPSA) is 63.0 Å². The first kappa shape index (κ1) is 18.9. The molecule has 0 bridgehead atoms. The molecule has 4 rings (SSSR count). The number of nitrogens with zero attached hydrogens (tertiary/aromatic N) is 7. The molecule has 1 fully saturated rings. The Hall–Kier alpha value is -2.39. The number of anilines is 1. The first-order valence-corrected chi connectivity index (χ1v) is 9.29.